The van der Waals surface area contributed by atoms with Gasteiger partial charge < -0.3 is 4.74 Å². The summed E-state index contributed by atoms with van der Waals surface area (Å²) in [6, 6.07) is 30.1. The van der Waals surface area contributed by atoms with Crippen molar-refractivity contribution in [3.05, 3.63) is 113 Å². The molecule has 0 saturated heterocycles. The van der Waals surface area contributed by atoms with Crippen LogP contribution < -0.4 is 4.74 Å². The van der Waals surface area contributed by atoms with Gasteiger partial charge in [-0.3, -0.25) is 0 Å². The number of fused-ring (bicyclic) bond motifs is 1. The Labute approximate surface area is 165 Å². The Morgan fingerprint density at radius 2 is 1.11 bits per heavy atom. The lowest BCUT2D eigenvalue weighted by atomic mass is 9.98. The molecule has 4 aromatic carbocycles. The molecule has 0 aliphatic rings. The molecule has 1 nitrogen and oxygen atoms in total. The number of hydrogen-bond acceptors (Lipinski definition) is 1. The summed E-state index contributed by atoms with van der Waals surface area (Å²) in [5, 5.41) is 2.12. The highest BCUT2D eigenvalue weighted by Gasteiger charge is 2.10. The topological polar surface area (TPSA) is 9.23 Å². The van der Waals surface area contributed by atoms with Crippen molar-refractivity contribution < 1.29 is 4.74 Å². The maximum absolute atomic E-state index is 5.66. The molecule has 0 heterocycles. The van der Waals surface area contributed by atoms with Crippen molar-refractivity contribution in [2.24, 2.45) is 0 Å². The fourth-order valence-electron chi connectivity index (χ4n) is 3.06. The minimum Gasteiger partial charge on any atom is -0.495 e. The fraction of sp³-hybridized carbons (Fsp3) is 0.0370. The lowest BCUT2D eigenvalue weighted by Gasteiger charge is -2.09. The Kier molecular flexibility index (Phi) is 5.10. The first-order chi connectivity index (χ1) is 13.8. The van der Waals surface area contributed by atoms with Crippen LogP contribution in [0.25, 0.3) is 10.8 Å². The largest absolute Gasteiger partial charge is 0.495 e. The molecule has 132 valence electrons. The quantitative estimate of drug-likeness (QED) is 0.400. The van der Waals surface area contributed by atoms with Gasteiger partial charge in [0, 0.05) is 22.1 Å². The zero-order valence-electron chi connectivity index (χ0n) is 15.6. The Hall–Kier alpha value is -3.94. The molecule has 0 spiro atoms. The van der Waals surface area contributed by atoms with E-state index < -0.39 is 0 Å². The molecule has 0 amide bonds. The number of rotatable bonds is 1. The van der Waals surface area contributed by atoms with E-state index in [0.717, 1.165) is 38.8 Å². The Bertz CT molecular complexity index is 1230. The van der Waals surface area contributed by atoms with Gasteiger partial charge in [0.2, 0.25) is 0 Å². The van der Waals surface area contributed by atoms with Crippen LogP contribution in [0.4, 0.5) is 0 Å². The summed E-state index contributed by atoms with van der Waals surface area (Å²) < 4.78 is 5.66. The van der Waals surface area contributed by atoms with Crippen molar-refractivity contribution in [3.8, 4) is 29.4 Å². The van der Waals surface area contributed by atoms with E-state index in [4.69, 9.17) is 4.74 Å². The highest BCUT2D eigenvalue weighted by molar-refractivity contribution is 5.95. The summed E-state index contributed by atoms with van der Waals surface area (Å²) in [5.41, 5.74) is 3.77. The molecule has 1 heteroatoms. The zero-order chi connectivity index (χ0) is 19.2. The maximum atomic E-state index is 5.66. The van der Waals surface area contributed by atoms with E-state index in [1.165, 1.54) is 0 Å². The molecule has 0 aliphatic heterocycles. The molecule has 0 saturated carbocycles. The average Bonchev–Trinajstić information content (AvgIpc) is 2.77. The number of hydrogen-bond donors (Lipinski definition) is 0. The molecule has 4 aromatic rings. The summed E-state index contributed by atoms with van der Waals surface area (Å²) in [6.07, 6.45) is 0. The molecular weight excluding hydrogens is 340 g/mol. The molecule has 0 N–H and O–H groups in total. The van der Waals surface area contributed by atoms with Gasteiger partial charge in [0.1, 0.15) is 5.75 Å². The molecule has 0 radical (unpaired) electrons. The monoisotopic (exact) mass is 358 g/mol. The Morgan fingerprint density at radius 3 is 1.71 bits per heavy atom. The van der Waals surface area contributed by atoms with Crippen LogP contribution in [0.3, 0.4) is 0 Å². The fourth-order valence-corrected chi connectivity index (χ4v) is 3.06. The predicted molar refractivity (Wildman–Crippen MR) is 115 cm³/mol. The van der Waals surface area contributed by atoms with Crippen LogP contribution in [0.1, 0.15) is 22.3 Å². The van der Waals surface area contributed by atoms with Crippen LogP contribution >= 0.6 is 0 Å². The summed E-state index contributed by atoms with van der Waals surface area (Å²) in [6.45, 7) is 0. The van der Waals surface area contributed by atoms with E-state index in [2.05, 4.69) is 35.8 Å². The van der Waals surface area contributed by atoms with Crippen molar-refractivity contribution in [2.45, 2.75) is 0 Å². The zero-order valence-corrected chi connectivity index (χ0v) is 15.6. The molecule has 0 atom stereocenters. The van der Waals surface area contributed by atoms with Crippen LogP contribution in [-0.2, 0) is 0 Å². The maximum Gasteiger partial charge on any atom is 0.136 e. The molecule has 0 unspecified atom stereocenters. The third-order valence-corrected chi connectivity index (χ3v) is 4.45. The third-order valence-electron chi connectivity index (χ3n) is 4.45. The lowest BCUT2D eigenvalue weighted by molar-refractivity contribution is 0.414. The van der Waals surface area contributed by atoms with Crippen LogP contribution in [0.15, 0.2) is 91.0 Å². The SMILES string of the molecule is COc1cc(C#Cc2ccccc2)c2ccccc2c1C#Cc1ccccc1. The predicted octanol–water partition coefficient (Wildman–Crippen LogP) is 5.65. The van der Waals surface area contributed by atoms with Gasteiger partial charge in [-0.15, -0.1) is 0 Å². The van der Waals surface area contributed by atoms with Gasteiger partial charge >= 0.3 is 0 Å². The second-order valence-electron chi connectivity index (χ2n) is 6.28. The number of ether oxygens (including phenoxy) is 1. The van der Waals surface area contributed by atoms with E-state index in [1.807, 2.05) is 78.9 Å². The molecule has 0 fully saturated rings. The molecule has 28 heavy (non-hydrogen) atoms. The Balaban J connectivity index is 1.87. The highest BCUT2D eigenvalue weighted by atomic mass is 16.5. The molecular formula is C27H18O. The summed E-state index contributed by atoms with van der Waals surface area (Å²) >= 11 is 0. The van der Waals surface area contributed by atoms with Crippen molar-refractivity contribution in [3.63, 3.8) is 0 Å². The van der Waals surface area contributed by atoms with Crippen molar-refractivity contribution in [1.29, 1.82) is 0 Å². The van der Waals surface area contributed by atoms with E-state index in [-0.39, 0.29) is 0 Å². The van der Waals surface area contributed by atoms with E-state index in [1.54, 1.807) is 7.11 Å². The first kappa shape index (κ1) is 17.5. The Morgan fingerprint density at radius 1 is 0.571 bits per heavy atom. The third kappa shape index (κ3) is 3.75. The summed E-state index contributed by atoms with van der Waals surface area (Å²) in [5.74, 6) is 13.8. The van der Waals surface area contributed by atoms with E-state index in [9.17, 15) is 0 Å². The van der Waals surface area contributed by atoms with E-state index in [0.29, 0.717) is 0 Å². The van der Waals surface area contributed by atoms with Gasteiger partial charge in [0.05, 0.1) is 12.7 Å². The molecule has 0 aromatic heterocycles. The highest BCUT2D eigenvalue weighted by Crippen LogP contribution is 2.30. The van der Waals surface area contributed by atoms with Gasteiger partial charge in [-0.25, -0.2) is 0 Å². The second kappa shape index (κ2) is 8.17. The smallest absolute Gasteiger partial charge is 0.136 e. The first-order valence-electron chi connectivity index (χ1n) is 9.09. The summed E-state index contributed by atoms with van der Waals surface area (Å²) in [7, 11) is 1.67. The van der Waals surface area contributed by atoms with E-state index >= 15 is 0 Å². The van der Waals surface area contributed by atoms with Crippen molar-refractivity contribution in [2.75, 3.05) is 7.11 Å². The van der Waals surface area contributed by atoms with Crippen LogP contribution in [0, 0.1) is 23.7 Å². The molecule has 4 rings (SSSR count). The lowest BCUT2D eigenvalue weighted by Crippen LogP contribution is -1.93. The van der Waals surface area contributed by atoms with Crippen molar-refractivity contribution in [1.82, 2.24) is 0 Å². The average molecular weight is 358 g/mol. The molecule has 0 bridgehead atoms. The summed E-state index contributed by atoms with van der Waals surface area (Å²) in [4.78, 5) is 0. The van der Waals surface area contributed by atoms with Crippen molar-refractivity contribution >= 4 is 10.8 Å². The standard InChI is InChI=1S/C27H18O/c1-28-27-20-23(18-16-21-10-4-2-5-11-21)24-14-8-9-15-25(24)26(27)19-17-22-12-6-3-7-13-22/h2-15,20H,1H3. The number of methoxy groups -OCH3 is 1. The second-order valence-corrected chi connectivity index (χ2v) is 6.28. The minimum atomic E-state index is 0.736. The van der Waals surface area contributed by atoms with Gasteiger partial charge in [-0.1, -0.05) is 84.3 Å². The minimum absolute atomic E-state index is 0.736. The van der Waals surface area contributed by atoms with Crippen LogP contribution in [0.5, 0.6) is 5.75 Å². The van der Waals surface area contributed by atoms with Gasteiger partial charge in [0.15, 0.2) is 0 Å². The van der Waals surface area contributed by atoms with Gasteiger partial charge in [-0.05, 0) is 35.7 Å². The van der Waals surface area contributed by atoms with Crippen LogP contribution in [-0.4, -0.2) is 7.11 Å². The van der Waals surface area contributed by atoms with Gasteiger partial charge in [0.25, 0.3) is 0 Å². The normalized spacial score (nSPS) is 9.75. The van der Waals surface area contributed by atoms with Gasteiger partial charge in [-0.2, -0.15) is 0 Å². The first-order valence-corrected chi connectivity index (χ1v) is 9.09. The van der Waals surface area contributed by atoms with Crippen LogP contribution in [0.2, 0.25) is 0 Å². The molecule has 0 aliphatic carbocycles. The number of benzene rings is 4.